The summed E-state index contributed by atoms with van der Waals surface area (Å²) in [5.74, 6) is 0.152. The SMILES string of the molecule is CCC[C@@H](Cc1ccc(OCC)c(N)c1)C(=O)C[C@@H](Cc1ccc(OCC)c(N)c1)C(=O)OCC. The van der Waals surface area contributed by atoms with E-state index in [0.29, 0.717) is 48.9 Å². The Morgan fingerprint density at radius 2 is 1.29 bits per heavy atom. The van der Waals surface area contributed by atoms with Gasteiger partial charge >= 0.3 is 5.97 Å². The van der Waals surface area contributed by atoms with Gasteiger partial charge < -0.3 is 25.7 Å². The second-order valence-electron chi connectivity index (χ2n) is 8.62. The Balaban J connectivity index is 2.18. The number of carbonyl (C=O) groups excluding carboxylic acids is 2. The summed E-state index contributed by atoms with van der Waals surface area (Å²) in [5.41, 5.74) is 15.1. The molecule has 2 aromatic carbocycles. The van der Waals surface area contributed by atoms with Gasteiger partial charge in [0.1, 0.15) is 17.3 Å². The molecular formula is C28H40N2O5. The Morgan fingerprint density at radius 3 is 1.71 bits per heavy atom. The number of nitrogen functional groups attached to an aromatic ring is 2. The van der Waals surface area contributed by atoms with E-state index in [0.717, 1.165) is 24.0 Å². The van der Waals surface area contributed by atoms with E-state index < -0.39 is 5.92 Å². The van der Waals surface area contributed by atoms with Crippen molar-refractivity contribution in [3.05, 3.63) is 47.5 Å². The van der Waals surface area contributed by atoms with Crippen molar-refractivity contribution in [2.75, 3.05) is 31.3 Å². The molecule has 0 saturated carbocycles. The molecule has 35 heavy (non-hydrogen) atoms. The second kappa shape index (κ2) is 14.2. The lowest BCUT2D eigenvalue weighted by molar-refractivity contribution is -0.150. The zero-order chi connectivity index (χ0) is 25.8. The minimum absolute atomic E-state index is 0.0521. The lowest BCUT2D eigenvalue weighted by Gasteiger charge is -2.20. The zero-order valence-electron chi connectivity index (χ0n) is 21.5. The maximum Gasteiger partial charge on any atom is 0.309 e. The number of anilines is 2. The second-order valence-corrected chi connectivity index (χ2v) is 8.62. The van der Waals surface area contributed by atoms with Crippen molar-refractivity contribution >= 4 is 23.1 Å². The molecular weight excluding hydrogens is 444 g/mol. The lowest BCUT2D eigenvalue weighted by Crippen LogP contribution is -2.27. The number of hydrogen-bond acceptors (Lipinski definition) is 7. The van der Waals surface area contributed by atoms with Crippen molar-refractivity contribution < 1.29 is 23.8 Å². The molecule has 7 heteroatoms. The van der Waals surface area contributed by atoms with E-state index >= 15 is 0 Å². The number of ketones is 1. The fourth-order valence-electron chi connectivity index (χ4n) is 4.23. The van der Waals surface area contributed by atoms with Gasteiger partial charge in [-0.2, -0.15) is 0 Å². The van der Waals surface area contributed by atoms with Gasteiger partial charge in [-0.15, -0.1) is 0 Å². The molecule has 2 aromatic rings. The van der Waals surface area contributed by atoms with Gasteiger partial charge in [-0.25, -0.2) is 0 Å². The summed E-state index contributed by atoms with van der Waals surface area (Å²) in [6, 6.07) is 11.1. The Morgan fingerprint density at radius 1 is 0.771 bits per heavy atom. The third kappa shape index (κ3) is 8.50. The number of carbonyl (C=O) groups is 2. The van der Waals surface area contributed by atoms with E-state index in [4.69, 9.17) is 25.7 Å². The van der Waals surface area contributed by atoms with Crippen LogP contribution in [-0.4, -0.2) is 31.6 Å². The molecule has 0 aliphatic heterocycles. The van der Waals surface area contributed by atoms with Crippen molar-refractivity contribution in [3.63, 3.8) is 0 Å². The zero-order valence-corrected chi connectivity index (χ0v) is 21.5. The van der Waals surface area contributed by atoms with E-state index in [1.807, 2.05) is 38.1 Å². The summed E-state index contributed by atoms with van der Waals surface area (Å²) in [4.78, 5) is 26.2. The standard InChI is InChI=1S/C28H40N2O5/c1-5-9-21(14-19-10-12-26(33-6-2)23(29)16-19)25(31)18-22(28(32)35-8-4)15-20-11-13-27(34-7-3)24(30)17-20/h10-13,16-17,21-22H,5-9,14-15,18,29-30H2,1-4H3/t21-,22+/m0/s1. The van der Waals surface area contributed by atoms with E-state index in [1.165, 1.54) is 0 Å². The van der Waals surface area contributed by atoms with Crippen molar-refractivity contribution in [3.8, 4) is 11.5 Å². The van der Waals surface area contributed by atoms with Crippen LogP contribution < -0.4 is 20.9 Å². The van der Waals surface area contributed by atoms with Crippen LogP contribution in [0.4, 0.5) is 11.4 Å². The first-order valence-corrected chi connectivity index (χ1v) is 12.5. The van der Waals surface area contributed by atoms with Crippen molar-refractivity contribution in [1.82, 2.24) is 0 Å². The minimum atomic E-state index is -0.579. The van der Waals surface area contributed by atoms with E-state index in [2.05, 4.69) is 6.92 Å². The maximum atomic E-state index is 13.4. The summed E-state index contributed by atoms with van der Waals surface area (Å²) in [6.45, 7) is 8.94. The van der Waals surface area contributed by atoms with Crippen molar-refractivity contribution in [1.29, 1.82) is 0 Å². The number of nitrogens with two attached hydrogens (primary N) is 2. The van der Waals surface area contributed by atoms with Crippen LogP contribution in [0.3, 0.4) is 0 Å². The molecule has 192 valence electrons. The number of hydrogen-bond donors (Lipinski definition) is 2. The molecule has 0 spiro atoms. The molecule has 0 aliphatic carbocycles. The fourth-order valence-corrected chi connectivity index (χ4v) is 4.23. The third-order valence-electron chi connectivity index (χ3n) is 5.87. The Hall–Kier alpha value is -3.22. The highest BCUT2D eigenvalue weighted by molar-refractivity contribution is 5.86. The monoisotopic (exact) mass is 484 g/mol. The van der Waals surface area contributed by atoms with Gasteiger partial charge in [-0.3, -0.25) is 9.59 Å². The summed E-state index contributed by atoms with van der Waals surface area (Å²) in [7, 11) is 0. The van der Waals surface area contributed by atoms with E-state index in [9.17, 15) is 9.59 Å². The molecule has 0 radical (unpaired) electrons. The third-order valence-corrected chi connectivity index (χ3v) is 5.87. The van der Waals surface area contributed by atoms with Crippen LogP contribution in [0.1, 0.15) is 58.1 Å². The summed E-state index contributed by atoms with van der Waals surface area (Å²) < 4.78 is 16.3. The smallest absolute Gasteiger partial charge is 0.309 e. The average Bonchev–Trinajstić information content (AvgIpc) is 2.82. The summed E-state index contributed by atoms with van der Waals surface area (Å²) in [6.07, 6.45) is 2.65. The largest absolute Gasteiger partial charge is 0.492 e. The minimum Gasteiger partial charge on any atom is -0.492 e. The molecule has 7 nitrogen and oxygen atoms in total. The Kier molecular flexibility index (Phi) is 11.4. The first-order chi connectivity index (χ1) is 16.8. The molecule has 0 unspecified atom stereocenters. The molecule has 0 fully saturated rings. The van der Waals surface area contributed by atoms with Gasteiger partial charge in [0.2, 0.25) is 0 Å². The van der Waals surface area contributed by atoms with E-state index in [-0.39, 0.29) is 30.7 Å². The van der Waals surface area contributed by atoms with Crippen LogP contribution in [0.25, 0.3) is 0 Å². The molecule has 0 amide bonds. The van der Waals surface area contributed by atoms with Gasteiger partial charge in [-0.05, 0) is 75.4 Å². The van der Waals surface area contributed by atoms with Crippen molar-refractivity contribution in [2.45, 2.75) is 59.8 Å². The fraction of sp³-hybridized carbons (Fsp3) is 0.500. The lowest BCUT2D eigenvalue weighted by atomic mass is 9.84. The molecule has 4 N–H and O–H groups in total. The van der Waals surface area contributed by atoms with Gasteiger partial charge in [0.15, 0.2) is 0 Å². The van der Waals surface area contributed by atoms with Crippen molar-refractivity contribution in [2.24, 2.45) is 11.8 Å². The van der Waals surface area contributed by atoms with Crippen LogP contribution in [0.15, 0.2) is 36.4 Å². The van der Waals surface area contributed by atoms with Crippen LogP contribution in [0.5, 0.6) is 11.5 Å². The van der Waals surface area contributed by atoms with Gasteiger partial charge in [-0.1, -0.05) is 25.5 Å². The highest BCUT2D eigenvalue weighted by Crippen LogP contribution is 2.28. The van der Waals surface area contributed by atoms with Crippen LogP contribution >= 0.6 is 0 Å². The Bertz CT molecular complexity index is 976. The molecule has 2 atom stereocenters. The van der Waals surface area contributed by atoms with Gasteiger partial charge in [0, 0.05) is 12.3 Å². The quantitative estimate of drug-likeness (QED) is 0.270. The number of Topliss-reactive ketones (excluding diaryl/α,β-unsaturated/α-hetero) is 1. The molecule has 0 aliphatic rings. The Labute approximate surface area is 209 Å². The number of esters is 1. The summed E-state index contributed by atoms with van der Waals surface area (Å²) in [5, 5.41) is 0. The predicted molar refractivity (Wildman–Crippen MR) is 140 cm³/mol. The predicted octanol–water partition coefficient (Wildman–Crippen LogP) is 4.99. The van der Waals surface area contributed by atoms with Crippen LogP contribution in [0, 0.1) is 11.8 Å². The maximum absolute atomic E-state index is 13.4. The van der Waals surface area contributed by atoms with Gasteiger partial charge in [0.25, 0.3) is 0 Å². The summed E-state index contributed by atoms with van der Waals surface area (Å²) >= 11 is 0. The van der Waals surface area contributed by atoms with Crippen LogP contribution in [0.2, 0.25) is 0 Å². The molecule has 0 aromatic heterocycles. The molecule has 0 heterocycles. The first kappa shape index (κ1) is 28.0. The van der Waals surface area contributed by atoms with E-state index in [1.54, 1.807) is 19.1 Å². The van der Waals surface area contributed by atoms with Crippen LogP contribution in [-0.2, 0) is 27.2 Å². The number of ether oxygens (including phenoxy) is 3. The normalized spacial score (nSPS) is 12.6. The van der Waals surface area contributed by atoms with Gasteiger partial charge in [0.05, 0.1) is 37.1 Å². The topological polar surface area (TPSA) is 114 Å². The molecule has 2 rings (SSSR count). The number of rotatable bonds is 15. The molecule has 0 saturated heterocycles. The number of benzene rings is 2. The highest BCUT2D eigenvalue weighted by atomic mass is 16.5. The average molecular weight is 485 g/mol. The first-order valence-electron chi connectivity index (χ1n) is 12.5. The highest BCUT2D eigenvalue weighted by Gasteiger charge is 2.28. The molecule has 0 bridgehead atoms.